The molecule has 0 aromatic heterocycles. The smallest absolute Gasteiger partial charge is 0.147 e. The quantitative estimate of drug-likeness (QED) is 0.0866. The molecule has 2 rings (SSSR count). The van der Waals surface area contributed by atoms with Crippen molar-refractivity contribution >= 4 is 17.4 Å². The first-order chi connectivity index (χ1) is 18.7. The fourth-order valence-electron chi connectivity index (χ4n) is 4.70. The molecule has 2 aromatic rings. The Morgan fingerprint density at radius 1 is 0.711 bits per heavy atom. The third-order valence-corrected chi connectivity index (χ3v) is 8.24. The van der Waals surface area contributed by atoms with Crippen molar-refractivity contribution in [3.05, 3.63) is 36.4 Å². The first-order valence-electron chi connectivity index (χ1n) is 15.2. The van der Waals surface area contributed by atoms with E-state index in [4.69, 9.17) is 15.0 Å². The predicted molar refractivity (Wildman–Crippen MR) is 165 cm³/mol. The van der Waals surface area contributed by atoms with Gasteiger partial charge in [0.15, 0.2) is 0 Å². The highest BCUT2D eigenvalue weighted by molar-refractivity contribution is 7.99. The lowest BCUT2D eigenvalue weighted by atomic mass is 10.0. The minimum atomic E-state index is 0.624. The largest absolute Gasteiger partial charge is 0.497 e. The molecule has 0 fully saturated rings. The second-order valence-corrected chi connectivity index (χ2v) is 11.4. The van der Waals surface area contributed by atoms with E-state index in [1.165, 1.54) is 101 Å². The molecule has 0 radical (unpaired) electrons. The summed E-state index contributed by atoms with van der Waals surface area (Å²) in [5.41, 5.74) is 10.7. The lowest BCUT2D eigenvalue weighted by molar-refractivity contribution is 0.305. The molecule has 0 saturated carbocycles. The van der Waals surface area contributed by atoms with Crippen LogP contribution in [-0.4, -0.2) is 19.5 Å². The average Bonchev–Trinajstić information content (AvgIpc) is 2.95. The predicted octanol–water partition coefficient (Wildman–Crippen LogP) is 11.8. The molecule has 5 heteroatoms. The molecule has 2 aromatic carbocycles. The van der Waals surface area contributed by atoms with Crippen LogP contribution in [-0.2, 0) is 0 Å². The first kappa shape index (κ1) is 32.2. The van der Waals surface area contributed by atoms with Crippen molar-refractivity contribution in [1.82, 2.24) is 0 Å². The zero-order valence-corrected chi connectivity index (χ0v) is 25.2. The molecule has 0 atom stereocenters. The number of ether oxygens (including phenoxy) is 2. The number of thioether (sulfide) groups is 1. The van der Waals surface area contributed by atoms with Gasteiger partial charge in [0.05, 0.1) is 13.7 Å². The highest BCUT2D eigenvalue weighted by Crippen LogP contribution is 2.41. The topological polar surface area (TPSA) is 54.7 Å². The molecule has 0 aliphatic carbocycles. The summed E-state index contributed by atoms with van der Waals surface area (Å²) < 4.78 is 11.5. The van der Waals surface area contributed by atoms with E-state index in [1.54, 1.807) is 7.11 Å². The Hall–Kier alpha value is -2.01. The summed E-state index contributed by atoms with van der Waals surface area (Å²) in [6.45, 7) is 5.19. The molecule has 1 N–H and O–H groups in total. The molecule has 0 aliphatic rings. The van der Waals surface area contributed by atoms with Crippen molar-refractivity contribution in [2.45, 2.75) is 121 Å². The second-order valence-electron chi connectivity index (χ2n) is 10.3. The van der Waals surface area contributed by atoms with E-state index in [-0.39, 0.29) is 0 Å². The fourth-order valence-corrected chi connectivity index (χ4v) is 5.80. The van der Waals surface area contributed by atoms with Gasteiger partial charge >= 0.3 is 0 Å². The molecular formula is C33H52N2O2S. The molecule has 38 heavy (non-hydrogen) atoms. The first-order valence-corrected chi connectivity index (χ1v) is 16.2. The average molecular weight is 541 g/mol. The lowest BCUT2D eigenvalue weighted by Crippen LogP contribution is -1.99. The summed E-state index contributed by atoms with van der Waals surface area (Å²) in [7, 11) is 1.70. The number of benzene rings is 2. The highest BCUT2D eigenvalue weighted by atomic mass is 32.2. The van der Waals surface area contributed by atoms with Gasteiger partial charge in [-0.1, -0.05) is 116 Å². The lowest BCUT2D eigenvalue weighted by Gasteiger charge is -2.15. The maximum Gasteiger partial charge on any atom is 0.147 e. The van der Waals surface area contributed by atoms with E-state index in [1.807, 2.05) is 30.0 Å². The van der Waals surface area contributed by atoms with Gasteiger partial charge in [0.1, 0.15) is 17.2 Å². The third-order valence-electron chi connectivity index (χ3n) is 7.09. The van der Waals surface area contributed by atoms with Gasteiger partial charge in [-0.15, -0.1) is 11.8 Å². The van der Waals surface area contributed by atoms with Crippen molar-refractivity contribution in [2.75, 3.05) is 19.5 Å². The monoisotopic (exact) mass is 540 g/mol. The van der Waals surface area contributed by atoms with Crippen LogP contribution in [0, 0.1) is 5.53 Å². The van der Waals surface area contributed by atoms with Crippen LogP contribution in [0.4, 0.5) is 5.69 Å². The maximum atomic E-state index is 7.78. The van der Waals surface area contributed by atoms with Crippen molar-refractivity contribution in [3.8, 4) is 22.6 Å². The van der Waals surface area contributed by atoms with Crippen LogP contribution in [0.5, 0.6) is 11.5 Å². The van der Waals surface area contributed by atoms with E-state index in [2.05, 4.69) is 37.2 Å². The Balaban J connectivity index is 1.95. The van der Waals surface area contributed by atoms with Gasteiger partial charge in [-0.2, -0.15) is 5.11 Å². The summed E-state index contributed by atoms with van der Waals surface area (Å²) in [6, 6.07) is 12.4. The van der Waals surface area contributed by atoms with Crippen LogP contribution >= 0.6 is 11.8 Å². The number of hydrogen-bond donors (Lipinski definition) is 1. The van der Waals surface area contributed by atoms with Gasteiger partial charge in [0.2, 0.25) is 0 Å². The Kier molecular flexibility index (Phi) is 17.7. The number of rotatable bonds is 23. The maximum absolute atomic E-state index is 7.78. The van der Waals surface area contributed by atoms with Crippen molar-refractivity contribution in [3.63, 3.8) is 0 Å². The highest BCUT2D eigenvalue weighted by Gasteiger charge is 2.14. The summed E-state index contributed by atoms with van der Waals surface area (Å²) in [6.07, 6.45) is 20.9. The zero-order chi connectivity index (χ0) is 27.3. The molecule has 0 heterocycles. The minimum absolute atomic E-state index is 0.624. The number of hydrogen-bond acceptors (Lipinski definition) is 5. The molecule has 4 nitrogen and oxygen atoms in total. The molecule has 0 unspecified atom stereocenters. The molecular weight excluding hydrogens is 488 g/mol. The number of nitrogens with zero attached hydrogens (tertiary/aromatic N) is 1. The summed E-state index contributed by atoms with van der Waals surface area (Å²) >= 11 is 1.88. The number of unbranched alkanes of at least 4 members (excludes halogenated alkanes) is 14. The number of methoxy groups -OCH3 is 1. The Morgan fingerprint density at radius 3 is 1.82 bits per heavy atom. The fraction of sp³-hybridized carbons (Fsp3) is 0.636. The molecule has 0 amide bonds. The van der Waals surface area contributed by atoms with Crippen molar-refractivity contribution in [2.24, 2.45) is 5.11 Å². The van der Waals surface area contributed by atoms with Crippen LogP contribution < -0.4 is 9.47 Å². The second kappa shape index (κ2) is 20.9. The summed E-state index contributed by atoms with van der Waals surface area (Å²) in [5.74, 6) is 2.64. The van der Waals surface area contributed by atoms with Crippen LogP contribution in [0.1, 0.15) is 117 Å². The summed E-state index contributed by atoms with van der Waals surface area (Å²) in [4.78, 5) is 1.17. The Morgan fingerprint density at radius 2 is 1.26 bits per heavy atom. The molecule has 0 aliphatic heterocycles. The molecule has 0 saturated heterocycles. The Bertz CT molecular complexity index is 885. The third kappa shape index (κ3) is 12.7. The zero-order valence-electron chi connectivity index (χ0n) is 24.4. The van der Waals surface area contributed by atoms with Gasteiger partial charge in [0, 0.05) is 4.90 Å². The minimum Gasteiger partial charge on any atom is -0.497 e. The van der Waals surface area contributed by atoms with Crippen LogP contribution in [0.2, 0.25) is 0 Å². The Labute approximate surface area is 237 Å². The van der Waals surface area contributed by atoms with E-state index >= 15 is 0 Å². The normalized spacial score (nSPS) is 11.0. The summed E-state index contributed by atoms with van der Waals surface area (Å²) in [5, 5.41) is 3.83. The van der Waals surface area contributed by atoms with Crippen LogP contribution in [0.15, 0.2) is 46.4 Å². The molecule has 0 spiro atoms. The van der Waals surface area contributed by atoms with Crippen molar-refractivity contribution in [1.29, 1.82) is 5.53 Å². The van der Waals surface area contributed by atoms with Gasteiger partial charge in [0.25, 0.3) is 0 Å². The van der Waals surface area contributed by atoms with Crippen LogP contribution in [0.25, 0.3) is 11.1 Å². The van der Waals surface area contributed by atoms with E-state index in [9.17, 15) is 0 Å². The number of nitrogens with one attached hydrogen (secondary N) is 1. The standard InChI is InChI=1S/C33H52N2O2S/c1-4-6-8-10-12-13-14-15-17-19-25-38-33-27-31(35-34)32(37-24-18-16-11-9-7-5-2)26-30(33)28-20-22-29(36-3)23-21-28/h20-23,26-27,34H,4-19,24-25H2,1-3H3. The van der Waals surface area contributed by atoms with Gasteiger partial charge in [-0.3, -0.25) is 0 Å². The van der Waals surface area contributed by atoms with Crippen LogP contribution in [0.3, 0.4) is 0 Å². The SMILES string of the molecule is CCCCCCCCCCCCSc1cc(N=N)c(OCCCCCCCC)cc1-c1ccc(OC)cc1. The van der Waals surface area contributed by atoms with E-state index in [0.29, 0.717) is 18.0 Å². The van der Waals surface area contributed by atoms with E-state index < -0.39 is 0 Å². The van der Waals surface area contributed by atoms with Crippen molar-refractivity contribution < 1.29 is 9.47 Å². The van der Waals surface area contributed by atoms with E-state index in [0.717, 1.165) is 29.1 Å². The van der Waals surface area contributed by atoms with Gasteiger partial charge < -0.3 is 9.47 Å². The molecule has 212 valence electrons. The van der Waals surface area contributed by atoms with Gasteiger partial charge in [-0.25, -0.2) is 5.53 Å². The molecule has 0 bridgehead atoms. The van der Waals surface area contributed by atoms with Gasteiger partial charge in [-0.05, 0) is 54.0 Å².